The lowest BCUT2D eigenvalue weighted by atomic mass is 9.94. The van der Waals surface area contributed by atoms with Gasteiger partial charge in [0.25, 0.3) is 0 Å². The van der Waals surface area contributed by atoms with Crippen LogP contribution in [0.25, 0.3) is 0 Å². The summed E-state index contributed by atoms with van der Waals surface area (Å²) in [5, 5.41) is 29.0. The Hall–Kier alpha value is -1.34. The Bertz CT molecular complexity index is 446. The number of aliphatic hydroxyl groups is 3. The van der Waals surface area contributed by atoms with Crippen LogP contribution in [0.3, 0.4) is 0 Å². The van der Waals surface area contributed by atoms with Gasteiger partial charge in [-0.15, -0.1) is 0 Å². The Morgan fingerprint density at radius 3 is 2.50 bits per heavy atom. The molecule has 0 spiro atoms. The Morgan fingerprint density at radius 1 is 1.33 bits per heavy atom. The van der Waals surface area contributed by atoms with Crippen LogP contribution < -0.4 is 9.47 Å². The quantitative estimate of drug-likeness (QED) is 0.702. The minimum atomic E-state index is -1.81. The van der Waals surface area contributed by atoms with Crippen molar-refractivity contribution in [3.8, 4) is 11.5 Å². The second-order valence-corrected chi connectivity index (χ2v) is 4.11. The van der Waals surface area contributed by atoms with E-state index < -0.39 is 18.7 Å². The Balaban J connectivity index is 2.56. The third-order valence-corrected chi connectivity index (χ3v) is 2.99. The third kappa shape index (κ3) is 2.04. The first-order valence-corrected chi connectivity index (χ1v) is 5.47. The van der Waals surface area contributed by atoms with Gasteiger partial charge in [0.2, 0.25) is 0 Å². The zero-order valence-electron chi connectivity index (χ0n) is 10.2. The van der Waals surface area contributed by atoms with E-state index in [0.29, 0.717) is 22.6 Å². The predicted octanol–water partition coefficient (Wildman–Crippen LogP) is -0.0517. The van der Waals surface area contributed by atoms with E-state index in [2.05, 4.69) is 0 Å². The molecule has 100 valence electrons. The van der Waals surface area contributed by atoms with E-state index in [-0.39, 0.29) is 6.42 Å². The van der Waals surface area contributed by atoms with Gasteiger partial charge in [-0.25, -0.2) is 0 Å². The molecule has 0 saturated heterocycles. The van der Waals surface area contributed by atoms with Gasteiger partial charge in [0.15, 0.2) is 12.1 Å². The lowest BCUT2D eigenvalue weighted by Gasteiger charge is -2.36. The van der Waals surface area contributed by atoms with Crippen LogP contribution in [0, 0.1) is 0 Å². The maximum atomic E-state index is 9.95. The van der Waals surface area contributed by atoms with Gasteiger partial charge >= 0.3 is 0 Å². The van der Waals surface area contributed by atoms with E-state index in [1.54, 1.807) is 12.1 Å². The molecule has 0 fully saturated rings. The molecule has 18 heavy (non-hydrogen) atoms. The maximum Gasteiger partial charge on any atom is 0.196 e. The van der Waals surface area contributed by atoms with Crippen LogP contribution in [0.2, 0.25) is 0 Å². The van der Waals surface area contributed by atoms with Crippen LogP contribution in [0.15, 0.2) is 12.1 Å². The molecule has 1 aliphatic heterocycles. The van der Waals surface area contributed by atoms with Crippen LogP contribution >= 0.6 is 0 Å². The topological polar surface area (TPSA) is 88.4 Å². The summed E-state index contributed by atoms with van der Waals surface area (Å²) in [5.41, 5.74) is 0.974. The summed E-state index contributed by atoms with van der Waals surface area (Å²) in [7, 11) is 2.96. The van der Waals surface area contributed by atoms with Crippen molar-refractivity contribution in [2.45, 2.75) is 18.5 Å². The van der Waals surface area contributed by atoms with Gasteiger partial charge in [-0.3, -0.25) is 0 Å². The number of aliphatic hydroxyl groups excluding tert-OH is 2. The molecule has 2 unspecified atom stereocenters. The number of ether oxygens (including phenoxy) is 3. The van der Waals surface area contributed by atoms with Gasteiger partial charge in [0.05, 0.1) is 26.4 Å². The predicted molar refractivity (Wildman–Crippen MR) is 61.3 cm³/mol. The highest BCUT2D eigenvalue weighted by atomic mass is 16.7. The summed E-state index contributed by atoms with van der Waals surface area (Å²) < 4.78 is 15.3. The standard InChI is InChI=1S/C12H16O6/c1-16-8-3-4-9(17-2)10-7(8)5-12(15,6-13)18-11(10)14/h3-4,11,13-15H,5-6H2,1-2H3. The van der Waals surface area contributed by atoms with E-state index in [1.807, 2.05) is 0 Å². The molecule has 6 nitrogen and oxygen atoms in total. The normalized spacial score (nSPS) is 26.6. The fourth-order valence-electron chi connectivity index (χ4n) is 2.12. The number of hydrogen-bond donors (Lipinski definition) is 3. The molecule has 0 aromatic heterocycles. The summed E-state index contributed by atoms with van der Waals surface area (Å²) in [4.78, 5) is 0. The van der Waals surface area contributed by atoms with Gasteiger partial charge < -0.3 is 29.5 Å². The van der Waals surface area contributed by atoms with Gasteiger partial charge in [0.1, 0.15) is 11.5 Å². The maximum absolute atomic E-state index is 9.95. The molecule has 2 atom stereocenters. The van der Waals surface area contributed by atoms with Crippen molar-refractivity contribution >= 4 is 0 Å². The first kappa shape index (κ1) is 13.1. The number of methoxy groups -OCH3 is 2. The summed E-state index contributed by atoms with van der Waals surface area (Å²) in [5.74, 6) is -0.871. The van der Waals surface area contributed by atoms with Crippen molar-refractivity contribution in [2.24, 2.45) is 0 Å². The molecular formula is C12H16O6. The van der Waals surface area contributed by atoms with Crippen LogP contribution in [0.5, 0.6) is 11.5 Å². The van der Waals surface area contributed by atoms with Crippen molar-refractivity contribution < 1.29 is 29.5 Å². The molecule has 6 heteroatoms. The lowest BCUT2D eigenvalue weighted by Crippen LogP contribution is -2.43. The largest absolute Gasteiger partial charge is 0.496 e. The summed E-state index contributed by atoms with van der Waals surface area (Å²) in [6, 6.07) is 3.32. The van der Waals surface area contributed by atoms with Crippen molar-refractivity contribution in [2.75, 3.05) is 20.8 Å². The average molecular weight is 256 g/mol. The van der Waals surface area contributed by atoms with Crippen molar-refractivity contribution in [1.82, 2.24) is 0 Å². The highest BCUT2D eigenvalue weighted by Crippen LogP contribution is 2.42. The van der Waals surface area contributed by atoms with E-state index in [1.165, 1.54) is 14.2 Å². The molecule has 1 aromatic carbocycles. The molecule has 0 aliphatic carbocycles. The number of fused-ring (bicyclic) bond motifs is 1. The van der Waals surface area contributed by atoms with Crippen molar-refractivity contribution in [1.29, 1.82) is 0 Å². The number of rotatable bonds is 3. The van der Waals surface area contributed by atoms with Gasteiger partial charge in [-0.1, -0.05) is 0 Å². The van der Waals surface area contributed by atoms with Gasteiger partial charge in [-0.05, 0) is 12.1 Å². The number of benzene rings is 1. The molecule has 3 N–H and O–H groups in total. The lowest BCUT2D eigenvalue weighted by molar-refractivity contribution is -0.302. The van der Waals surface area contributed by atoms with Crippen LogP contribution in [-0.2, 0) is 11.2 Å². The molecule has 1 heterocycles. The Kier molecular flexibility index (Phi) is 3.45. The highest BCUT2D eigenvalue weighted by molar-refractivity contribution is 5.51. The SMILES string of the molecule is COc1ccc(OC)c2c1CC(O)(CO)OC2O. The minimum absolute atomic E-state index is 0.0102. The van der Waals surface area contributed by atoms with Gasteiger partial charge in [0, 0.05) is 12.0 Å². The molecule has 2 rings (SSSR count). The van der Waals surface area contributed by atoms with Crippen LogP contribution in [0.4, 0.5) is 0 Å². The first-order chi connectivity index (χ1) is 8.54. The van der Waals surface area contributed by atoms with Crippen LogP contribution in [0.1, 0.15) is 17.4 Å². The second-order valence-electron chi connectivity index (χ2n) is 4.11. The zero-order chi connectivity index (χ0) is 13.3. The zero-order valence-corrected chi connectivity index (χ0v) is 10.2. The summed E-state index contributed by atoms with van der Waals surface area (Å²) in [6.45, 7) is -0.621. The Labute approximate surface area is 104 Å². The molecule has 0 radical (unpaired) electrons. The average Bonchev–Trinajstić information content (AvgIpc) is 2.37. The van der Waals surface area contributed by atoms with E-state index >= 15 is 0 Å². The first-order valence-electron chi connectivity index (χ1n) is 5.47. The van der Waals surface area contributed by atoms with Crippen molar-refractivity contribution in [3.05, 3.63) is 23.3 Å². The smallest absolute Gasteiger partial charge is 0.196 e. The molecule has 0 saturated carbocycles. The Morgan fingerprint density at radius 2 is 1.94 bits per heavy atom. The molecular weight excluding hydrogens is 240 g/mol. The fraction of sp³-hybridized carbons (Fsp3) is 0.500. The summed E-state index contributed by atoms with van der Waals surface area (Å²) in [6.07, 6.45) is -1.37. The third-order valence-electron chi connectivity index (χ3n) is 2.99. The fourth-order valence-corrected chi connectivity index (χ4v) is 2.12. The monoisotopic (exact) mass is 256 g/mol. The summed E-state index contributed by atoms with van der Waals surface area (Å²) >= 11 is 0. The van der Waals surface area contributed by atoms with E-state index in [9.17, 15) is 10.2 Å². The van der Waals surface area contributed by atoms with E-state index in [0.717, 1.165) is 0 Å². The van der Waals surface area contributed by atoms with E-state index in [4.69, 9.17) is 19.3 Å². The molecule has 0 amide bonds. The van der Waals surface area contributed by atoms with Gasteiger partial charge in [-0.2, -0.15) is 0 Å². The minimum Gasteiger partial charge on any atom is -0.496 e. The number of hydrogen-bond acceptors (Lipinski definition) is 6. The second kappa shape index (κ2) is 4.74. The van der Waals surface area contributed by atoms with Crippen LogP contribution in [-0.4, -0.2) is 41.9 Å². The van der Waals surface area contributed by atoms with Crippen molar-refractivity contribution in [3.63, 3.8) is 0 Å². The molecule has 0 bridgehead atoms. The highest BCUT2D eigenvalue weighted by Gasteiger charge is 2.40. The molecule has 1 aliphatic rings. The molecule has 1 aromatic rings.